The number of aryl methyl sites for hydroxylation is 1. The third kappa shape index (κ3) is 2.91. The smallest absolute Gasteiger partial charge is 0.259 e. The van der Waals surface area contributed by atoms with Crippen LogP contribution in [0.2, 0.25) is 5.02 Å². The maximum Gasteiger partial charge on any atom is 0.259 e. The van der Waals surface area contributed by atoms with E-state index in [4.69, 9.17) is 11.6 Å². The van der Waals surface area contributed by atoms with Gasteiger partial charge in [0.2, 0.25) is 0 Å². The minimum Gasteiger partial charge on any atom is -0.322 e. The Kier molecular flexibility index (Phi) is 4.10. The molecule has 1 amide bonds. The first-order valence-electron chi connectivity index (χ1n) is 7.97. The van der Waals surface area contributed by atoms with Gasteiger partial charge in [0.25, 0.3) is 11.7 Å². The van der Waals surface area contributed by atoms with E-state index in [9.17, 15) is 4.79 Å². The van der Waals surface area contributed by atoms with Crippen molar-refractivity contribution < 1.29 is 4.79 Å². The van der Waals surface area contributed by atoms with Crippen LogP contribution in [0.4, 0.5) is 5.69 Å². The highest BCUT2D eigenvalue weighted by atomic mass is 35.5. The SMILES string of the molecule is Cc1c(C(=O)Nc2ccccc2)cnc2nc(-c3ccccc3Cl)nn12. The van der Waals surface area contributed by atoms with Crippen LogP contribution in [0.5, 0.6) is 0 Å². The van der Waals surface area contributed by atoms with E-state index in [-0.39, 0.29) is 5.91 Å². The molecule has 0 aliphatic heterocycles. The minimum absolute atomic E-state index is 0.252. The van der Waals surface area contributed by atoms with Crippen molar-refractivity contribution >= 4 is 29.0 Å². The summed E-state index contributed by atoms with van der Waals surface area (Å²) in [5, 5.41) is 7.88. The molecule has 0 aliphatic carbocycles. The standard InChI is InChI=1S/C19H14ClN5O/c1-12-15(18(26)22-13-7-3-2-4-8-13)11-21-19-23-17(24-25(12)19)14-9-5-6-10-16(14)20/h2-11H,1H3,(H,22,26). The second-order valence-corrected chi connectivity index (χ2v) is 6.11. The monoisotopic (exact) mass is 363 g/mol. The van der Waals surface area contributed by atoms with Crippen molar-refractivity contribution in [2.45, 2.75) is 6.92 Å². The second kappa shape index (κ2) is 6.57. The summed E-state index contributed by atoms with van der Waals surface area (Å²) in [6.07, 6.45) is 1.51. The topological polar surface area (TPSA) is 72.2 Å². The molecule has 2 heterocycles. The van der Waals surface area contributed by atoms with Crippen LogP contribution in [0.1, 0.15) is 16.1 Å². The van der Waals surface area contributed by atoms with Crippen molar-refractivity contribution in [1.29, 1.82) is 0 Å². The van der Waals surface area contributed by atoms with Crippen LogP contribution in [0.15, 0.2) is 60.8 Å². The summed E-state index contributed by atoms with van der Waals surface area (Å²) in [6, 6.07) is 16.6. The highest BCUT2D eigenvalue weighted by molar-refractivity contribution is 6.33. The lowest BCUT2D eigenvalue weighted by atomic mass is 10.2. The van der Waals surface area contributed by atoms with Crippen LogP contribution < -0.4 is 5.32 Å². The Bertz CT molecular complexity index is 1110. The first-order chi connectivity index (χ1) is 12.6. The quantitative estimate of drug-likeness (QED) is 0.597. The number of nitrogens with one attached hydrogen (secondary N) is 1. The molecule has 2 aromatic carbocycles. The third-order valence-electron chi connectivity index (χ3n) is 4.00. The molecule has 0 spiro atoms. The maximum atomic E-state index is 12.6. The zero-order valence-corrected chi connectivity index (χ0v) is 14.6. The van der Waals surface area contributed by atoms with Crippen molar-refractivity contribution in [2.75, 3.05) is 5.32 Å². The molecule has 0 saturated heterocycles. The first-order valence-corrected chi connectivity index (χ1v) is 8.35. The average Bonchev–Trinajstić information content (AvgIpc) is 3.08. The molecule has 1 N–H and O–H groups in total. The zero-order valence-electron chi connectivity index (χ0n) is 13.8. The van der Waals surface area contributed by atoms with Gasteiger partial charge in [-0.15, -0.1) is 5.10 Å². The molecule has 0 radical (unpaired) electrons. The van der Waals surface area contributed by atoms with Gasteiger partial charge in [0, 0.05) is 17.4 Å². The number of amides is 1. The van der Waals surface area contributed by atoms with Crippen molar-refractivity contribution in [2.24, 2.45) is 0 Å². The summed E-state index contributed by atoms with van der Waals surface area (Å²) >= 11 is 6.22. The van der Waals surface area contributed by atoms with Gasteiger partial charge in [0.15, 0.2) is 5.82 Å². The fraction of sp³-hybridized carbons (Fsp3) is 0.0526. The van der Waals surface area contributed by atoms with Gasteiger partial charge in [-0.05, 0) is 31.2 Å². The molecule has 4 aromatic rings. The lowest BCUT2D eigenvalue weighted by molar-refractivity contribution is 0.102. The number of fused-ring (bicyclic) bond motifs is 1. The molecule has 4 rings (SSSR count). The number of nitrogens with zero attached hydrogens (tertiary/aromatic N) is 4. The Labute approximate surface area is 154 Å². The molecule has 0 unspecified atom stereocenters. The zero-order chi connectivity index (χ0) is 18.1. The number of carbonyl (C=O) groups excluding carboxylic acids is 1. The van der Waals surface area contributed by atoms with Gasteiger partial charge in [0.1, 0.15) is 0 Å². The summed E-state index contributed by atoms with van der Waals surface area (Å²) in [5.41, 5.74) is 2.51. The van der Waals surface area contributed by atoms with Crippen LogP contribution in [0, 0.1) is 6.92 Å². The number of para-hydroxylation sites is 1. The Balaban J connectivity index is 1.73. The van der Waals surface area contributed by atoms with E-state index in [0.717, 1.165) is 0 Å². The van der Waals surface area contributed by atoms with Crippen molar-refractivity contribution in [3.8, 4) is 11.4 Å². The summed E-state index contributed by atoms with van der Waals surface area (Å²) < 4.78 is 1.55. The number of rotatable bonds is 3. The summed E-state index contributed by atoms with van der Waals surface area (Å²) in [6.45, 7) is 1.81. The Morgan fingerprint density at radius 2 is 1.81 bits per heavy atom. The van der Waals surface area contributed by atoms with Crippen molar-refractivity contribution in [1.82, 2.24) is 19.6 Å². The van der Waals surface area contributed by atoms with E-state index >= 15 is 0 Å². The van der Waals surface area contributed by atoms with Crippen LogP contribution in [-0.2, 0) is 0 Å². The highest BCUT2D eigenvalue weighted by Crippen LogP contribution is 2.25. The van der Waals surface area contributed by atoms with Gasteiger partial charge in [-0.2, -0.15) is 4.98 Å². The number of hydrogen-bond acceptors (Lipinski definition) is 4. The van der Waals surface area contributed by atoms with Crippen molar-refractivity contribution in [3.63, 3.8) is 0 Å². The molecular weight excluding hydrogens is 350 g/mol. The predicted molar refractivity (Wildman–Crippen MR) is 100 cm³/mol. The number of aromatic nitrogens is 4. The maximum absolute atomic E-state index is 12.6. The van der Waals surface area contributed by atoms with Crippen LogP contribution in [-0.4, -0.2) is 25.5 Å². The number of anilines is 1. The van der Waals surface area contributed by atoms with E-state index in [2.05, 4.69) is 20.4 Å². The molecule has 2 aromatic heterocycles. The van der Waals surface area contributed by atoms with Gasteiger partial charge in [-0.1, -0.05) is 41.9 Å². The number of benzene rings is 2. The number of hydrogen-bond donors (Lipinski definition) is 1. The molecular formula is C19H14ClN5O. The molecule has 6 nitrogen and oxygen atoms in total. The van der Waals surface area contributed by atoms with E-state index in [1.165, 1.54) is 6.20 Å². The largest absolute Gasteiger partial charge is 0.322 e. The first kappa shape index (κ1) is 16.2. The second-order valence-electron chi connectivity index (χ2n) is 5.70. The summed E-state index contributed by atoms with van der Waals surface area (Å²) in [7, 11) is 0. The lowest BCUT2D eigenvalue weighted by Gasteiger charge is -2.07. The van der Waals surface area contributed by atoms with Gasteiger partial charge >= 0.3 is 0 Å². The van der Waals surface area contributed by atoms with E-state index in [0.29, 0.717) is 39.1 Å². The molecule has 7 heteroatoms. The fourth-order valence-corrected chi connectivity index (χ4v) is 2.86. The van der Waals surface area contributed by atoms with E-state index < -0.39 is 0 Å². The number of carbonyl (C=O) groups is 1. The Morgan fingerprint density at radius 1 is 1.08 bits per heavy atom. The third-order valence-corrected chi connectivity index (χ3v) is 4.33. The molecule has 0 fully saturated rings. The predicted octanol–water partition coefficient (Wildman–Crippen LogP) is 4.01. The highest BCUT2D eigenvalue weighted by Gasteiger charge is 2.17. The molecule has 0 aliphatic rings. The molecule has 0 saturated carbocycles. The average molecular weight is 364 g/mol. The van der Waals surface area contributed by atoms with Gasteiger partial charge in [-0.25, -0.2) is 9.50 Å². The summed E-state index contributed by atoms with van der Waals surface area (Å²) in [4.78, 5) is 21.3. The van der Waals surface area contributed by atoms with Crippen LogP contribution in [0.25, 0.3) is 17.2 Å². The summed E-state index contributed by atoms with van der Waals surface area (Å²) in [5.74, 6) is 0.624. The van der Waals surface area contributed by atoms with Crippen LogP contribution >= 0.6 is 11.6 Å². The molecule has 0 atom stereocenters. The Hall–Kier alpha value is -3.25. The van der Waals surface area contributed by atoms with Crippen LogP contribution in [0.3, 0.4) is 0 Å². The van der Waals surface area contributed by atoms with Crippen molar-refractivity contribution in [3.05, 3.63) is 77.1 Å². The molecule has 128 valence electrons. The minimum atomic E-state index is -0.252. The van der Waals surface area contributed by atoms with Gasteiger partial charge in [-0.3, -0.25) is 4.79 Å². The van der Waals surface area contributed by atoms with Gasteiger partial charge in [0.05, 0.1) is 16.3 Å². The fourth-order valence-electron chi connectivity index (χ4n) is 2.64. The molecule has 26 heavy (non-hydrogen) atoms. The Morgan fingerprint density at radius 3 is 2.58 bits per heavy atom. The molecule has 0 bridgehead atoms. The van der Waals surface area contributed by atoms with E-state index in [1.54, 1.807) is 17.5 Å². The normalized spacial score (nSPS) is 10.8. The van der Waals surface area contributed by atoms with E-state index in [1.807, 2.05) is 48.5 Å². The lowest BCUT2D eigenvalue weighted by Crippen LogP contribution is -2.16. The number of halogens is 1. The van der Waals surface area contributed by atoms with Gasteiger partial charge < -0.3 is 5.32 Å².